The molecule has 0 amide bonds. The zero-order valence-electron chi connectivity index (χ0n) is 46.6. The zero-order valence-corrected chi connectivity index (χ0v) is 46.6. The van der Waals surface area contributed by atoms with Crippen molar-refractivity contribution in [1.29, 1.82) is 0 Å². The van der Waals surface area contributed by atoms with E-state index in [2.05, 4.69) is 324 Å². The van der Waals surface area contributed by atoms with E-state index in [9.17, 15) is 0 Å². The minimum atomic E-state index is -0.403. The molecule has 4 heteroatoms. The van der Waals surface area contributed by atoms with Crippen molar-refractivity contribution in [2.24, 2.45) is 0 Å². The third kappa shape index (κ3) is 9.07. The molecule has 0 aliphatic carbocycles. The van der Waals surface area contributed by atoms with Crippen LogP contribution in [0.15, 0.2) is 291 Å². The summed E-state index contributed by atoms with van der Waals surface area (Å²) in [6.07, 6.45) is 0. The van der Waals surface area contributed by atoms with E-state index in [1.54, 1.807) is 0 Å². The fraction of sp³-hybridized carbons (Fsp3) is 0.0769. The number of anilines is 3. The molecule has 15 rings (SSSR count). The summed E-state index contributed by atoms with van der Waals surface area (Å²) >= 11 is 0. The van der Waals surface area contributed by atoms with E-state index in [1.807, 2.05) is 0 Å². The van der Waals surface area contributed by atoms with Gasteiger partial charge in [-0.15, -0.1) is 0 Å². The maximum absolute atomic E-state index is 6.49. The number of fused-ring (bicyclic) bond motifs is 6. The van der Waals surface area contributed by atoms with E-state index in [1.165, 1.54) is 109 Å². The molecule has 1 aliphatic rings. The molecule has 1 aliphatic heterocycles. The monoisotopic (exact) mass is 1050 g/mol. The van der Waals surface area contributed by atoms with E-state index in [4.69, 9.17) is 9.31 Å². The SMILES string of the molecule is CC1(C)OB(c2c3ccccc3c(-c3ccccc3)c3ccccc23)OC1(C)C.c1ccc(-c2c3ccccc3c(-c3ccc4cc5cc(-c6ccc(N(c7ccccc7)c7ccccc7)cc6)ccc5cc4c3)c3ccccc23)cc1. The number of benzene rings is 14. The Balaban J connectivity index is 0.000000175. The number of para-hydroxylation sites is 2. The lowest BCUT2D eigenvalue weighted by atomic mass is 9.71. The van der Waals surface area contributed by atoms with Crippen LogP contribution in [0.5, 0.6) is 0 Å². The van der Waals surface area contributed by atoms with Crippen molar-refractivity contribution in [2.45, 2.75) is 38.9 Å². The molecule has 3 nitrogen and oxygen atoms in total. The van der Waals surface area contributed by atoms with Gasteiger partial charge in [0.15, 0.2) is 0 Å². The van der Waals surface area contributed by atoms with Crippen LogP contribution in [0.4, 0.5) is 17.1 Å². The minimum absolute atomic E-state index is 0.377. The van der Waals surface area contributed by atoms with Crippen molar-refractivity contribution in [2.75, 3.05) is 4.90 Å². The Bertz CT molecular complexity index is 4510. The Hall–Kier alpha value is -9.58. The molecule has 82 heavy (non-hydrogen) atoms. The summed E-state index contributed by atoms with van der Waals surface area (Å²) in [5.74, 6) is 0. The zero-order chi connectivity index (χ0) is 55.4. The van der Waals surface area contributed by atoms with Gasteiger partial charge in [-0.05, 0) is 203 Å². The van der Waals surface area contributed by atoms with Crippen LogP contribution in [0.1, 0.15) is 27.7 Å². The van der Waals surface area contributed by atoms with E-state index in [0.29, 0.717) is 0 Å². The van der Waals surface area contributed by atoms with Gasteiger partial charge >= 0.3 is 7.12 Å². The summed E-state index contributed by atoms with van der Waals surface area (Å²) in [5, 5.41) is 14.9. The van der Waals surface area contributed by atoms with Crippen LogP contribution in [0.2, 0.25) is 0 Å². The molecule has 0 saturated carbocycles. The minimum Gasteiger partial charge on any atom is -0.399 e. The predicted octanol–water partition coefficient (Wildman–Crippen LogP) is 20.7. The highest BCUT2D eigenvalue weighted by molar-refractivity contribution is 6.69. The molecule has 0 atom stereocenters. The summed E-state index contributed by atoms with van der Waals surface area (Å²) in [6, 6.07) is 105. The molecule has 1 fully saturated rings. The van der Waals surface area contributed by atoms with Gasteiger partial charge in [-0.1, -0.05) is 231 Å². The summed E-state index contributed by atoms with van der Waals surface area (Å²) in [6.45, 7) is 8.43. The van der Waals surface area contributed by atoms with Crippen LogP contribution < -0.4 is 10.4 Å². The first kappa shape index (κ1) is 50.6. The van der Waals surface area contributed by atoms with E-state index >= 15 is 0 Å². The molecule has 392 valence electrons. The van der Waals surface area contributed by atoms with Crippen molar-refractivity contribution < 1.29 is 9.31 Å². The Labute approximate surface area is 480 Å². The van der Waals surface area contributed by atoms with Crippen molar-refractivity contribution in [1.82, 2.24) is 0 Å². The Morgan fingerprint density at radius 3 is 0.976 bits per heavy atom. The van der Waals surface area contributed by atoms with E-state index < -0.39 is 7.12 Å². The van der Waals surface area contributed by atoms with Crippen molar-refractivity contribution in [3.63, 3.8) is 0 Å². The van der Waals surface area contributed by atoms with Gasteiger partial charge in [0.05, 0.1) is 11.2 Å². The lowest BCUT2D eigenvalue weighted by Gasteiger charge is -2.32. The quantitative estimate of drug-likeness (QED) is 0.112. The van der Waals surface area contributed by atoms with Crippen molar-refractivity contribution >= 4 is 94.3 Å². The normalized spacial score (nSPS) is 13.7. The predicted molar refractivity (Wildman–Crippen MR) is 350 cm³/mol. The molecule has 0 bridgehead atoms. The van der Waals surface area contributed by atoms with Crippen molar-refractivity contribution in [3.05, 3.63) is 291 Å². The van der Waals surface area contributed by atoms with Gasteiger partial charge in [0, 0.05) is 17.1 Å². The molecule has 0 radical (unpaired) electrons. The molecule has 1 saturated heterocycles. The smallest absolute Gasteiger partial charge is 0.399 e. The number of hydrogen-bond donors (Lipinski definition) is 0. The largest absolute Gasteiger partial charge is 0.496 e. The average molecular weight is 1050 g/mol. The van der Waals surface area contributed by atoms with E-state index in [-0.39, 0.29) is 11.2 Å². The molecule has 1 heterocycles. The summed E-state index contributed by atoms with van der Waals surface area (Å²) in [5.41, 5.74) is 13.7. The van der Waals surface area contributed by atoms with Gasteiger partial charge in [-0.25, -0.2) is 0 Å². The Morgan fingerprint density at radius 2 is 0.561 bits per heavy atom. The summed E-state index contributed by atoms with van der Waals surface area (Å²) in [7, 11) is -0.403. The second-order valence-corrected chi connectivity index (χ2v) is 22.6. The molecule has 0 unspecified atom stereocenters. The summed E-state index contributed by atoms with van der Waals surface area (Å²) in [4.78, 5) is 2.30. The van der Waals surface area contributed by atoms with Crippen LogP contribution in [-0.4, -0.2) is 18.3 Å². The number of nitrogens with zero attached hydrogens (tertiary/aromatic N) is 1. The van der Waals surface area contributed by atoms with Gasteiger partial charge in [0.1, 0.15) is 0 Å². The molecular formula is C78H60BNO2. The maximum atomic E-state index is 6.49. The van der Waals surface area contributed by atoms with Crippen molar-refractivity contribution in [3.8, 4) is 44.5 Å². The lowest BCUT2D eigenvalue weighted by molar-refractivity contribution is 0.00578. The number of rotatable bonds is 8. The molecule has 14 aromatic rings. The van der Waals surface area contributed by atoms with Gasteiger partial charge in [-0.3, -0.25) is 0 Å². The number of hydrogen-bond acceptors (Lipinski definition) is 3. The fourth-order valence-corrected chi connectivity index (χ4v) is 12.4. The first-order valence-corrected chi connectivity index (χ1v) is 28.5. The second kappa shape index (κ2) is 20.8. The van der Waals surface area contributed by atoms with Crippen LogP contribution in [0.3, 0.4) is 0 Å². The second-order valence-electron chi connectivity index (χ2n) is 22.6. The third-order valence-electron chi connectivity index (χ3n) is 17.1. The molecule has 0 spiro atoms. The van der Waals surface area contributed by atoms with Crippen LogP contribution in [0.25, 0.3) is 109 Å². The highest BCUT2D eigenvalue weighted by Gasteiger charge is 2.52. The highest BCUT2D eigenvalue weighted by atomic mass is 16.7. The Morgan fingerprint density at radius 1 is 0.256 bits per heavy atom. The first-order chi connectivity index (χ1) is 40.2. The van der Waals surface area contributed by atoms with Crippen LogP contribution in [-0.2, 0) is 9.31 Å². The highest BCUT2D eigenvalue weighted by Crippen LogP contribution is 2.46. The third-order valence-corrected chi connectivity index (χ3v) is 17.1. The summed E-state index contributed by atoms with van der Waals surface area (Å²) < 4.78 is 13.0. The topological polar surface area (TPSA) is 21.7 Å². The molecular weight excluding hydrogens is 994 g/mol. The molecule has 0 N–H and O–H groups in total. The molecule has 14 aromatic carbocycles. The first-order valence-electron chi connectivity index (χ1n) is 28.5. The van der Waals surface area contributed by atoms with Gasteiger partial charge < -0.3 is 14.2 Å². The van der Waals surface area contributed by atoms with Gasteiger partial charge in [-0.2, -0.15) is 0 Å². The standard InChI is InChI=1S/C52H35N.C26H25BO2/c1-4-14-37(15-5-1)51-47-20-10-12-22-49(47)52(50-23-13-11-21-48(50)51)41-27-26-40-33-42-32-38(24-25-39(42)34-43(40)35-41)36-28-30-46(31-29-36)53(44-16-6-2-7-17-44)45-18-8-3-9-19-45;1-25(2)26(3,4)29-27(28-25)24-21-16-10-8-14-19(21)23(18-12-6-5-7-13-18)20-15-9-11-17-22(20)24/h1-35H;5-17H,1-4H3. The van der Waals surface area contributed by atoms with E-state index in [0.717, 1.165) is 22.5 Å². The average Bonchev–Trinajstić information content (AvgIpc) is 2.10. The van der Waals surface area contributed by atoms with Crippen LogP contribution in [0, 0.1) is 0 Å². The fourth-order valence-electron chi connectivity index (χ4n) is 12.4. The lowest BCUT2D eigenvalue weighted by Crippen LogP contribution is -2.41. The molecule has 0 aromatic heterocycles. The Kier molecular flexibility index (Phi) is 12.9. The van der Waals surface area contributed by atoms with Crippen LogP contribution >= 0.6 is 0 Å². The van der Waals surface area contributed by atoms with Gasteiger partial charge in [0.25, 0.3) is 0 Å². The maximum Gasteiger partial charge on any atom is 0.496 e. The van der Waals surface area contributed by atoms with Gasteiger partial charge in [0.2, 0.25) is 0 Å².